The Labute approximate surface area is 186 Å². The van der Waals surface area contributed by atoms with Crippen molar-refractivity contribution in [1.29, 1.82) is 0 Å². The van der Waals surface area contributed by atoms with Gasteiger partial charge in [-0.15, -0.1) is 0 Å². The van der Waals surface area contributed by atoms with Gasteiger partial charge < -0.3 is 14.2 Å². The average molecular weight is 458 g/mol. The molecule has 3 aromatic rings. The first-order chi connectivity index (χ1) is 15.2. The number of methoxy groups -OCH3 is 1. The third-order valence-electron chi connectivity index (χ3n) is 4.75. The molecule has 1 N–H and O–H groups in total. The fourth-order valence-corrected chi connectivity index (χ4v) is 3.83. The standard InChI is InChI=1S/C22H23N3O6S/c1-15(26)16-6-10-20(11-7-16)32(28,29)23-13-22(27)25(2)14-19-12-21(24-31-19)17-4-8-18(30-3)9-5-17/h4-12,23H,13-14H2,1-3H3. The van der Waals surface area contributed by atoms with Gasteiger partial charge in [0.1, 0.15) is 11.4 Å². The highest BCUT2D eigenvalue weighted by atomic mass is 32.2. The molecule has 2 aromatic carbocycles. The number of Topliss-reactive ketones (excluding diaryl/α,β-unsaturated/α-hetero) is 1. The number of hydrogen-bond acceptors (Lipinski definition) is 7. The fourth-order valence-electron chi connectivity index (χ4n) is 2.85. The summed E-state index contributed by atoms with van der Waals surface area (Å²) in [6.45, 7) is 1.09. The molecule has 168 valence electrons. The van der Waals surface area contributed by atoms with Crippen LogP contribution in [-0.4, -0.2) is 50.9 Å². The van der Waals surface area contributed by atoms with Crippen molar-refractivity contribution >= 4 is 21.7 Å². The Morgan fingerprint density at radius 3 is 2.34 bits per heavy atom. The number of carbonyl (C=O) groups excluding carboxylic acids is 2. The highest BCUT2D eigenvalue weighted by Crippen LogP contribution is 2.22. The molecule has 0 bridgehead atoms. The second-order valence-electron chi connectivity index (χ2n) is 7.06. The molecule has 0 aliphatic rings. The first-order valence-electron chi connectivity index (χ1n) is 9.64. The van der Waals surface area contributed by atoms with Crippen LogP contribution in [0.3, 0.4) is 0 Å². The molecule has 0 atom stereocenters. The van der Waals surface area contributed by atoms with Gasteiger partial charge in [0.15, 0.2) is 11.5 Å². The number of ether oxygens (including phenoxy) is 1. The molecule has 0 saturated carbocycles. The van der Waals surface area contributed by atoms with Crippen molar-refractivity contribution in [2.24, 2.45) is 0 Å². The van der Waals surface area contributed by atoms with Crippen LogP contribution in [0.2, 0.25) is 0 Å². The second kappa shape index (κ2) is 9.75. The van der Waals surface area contributed by atoms with Crippen molar-refractivity contribution in [1.82, 2.24) is 14.8 Å². The maximum absolute atomic E-state index is 12.4. The highest BCUT2D eigenvalue weighted by Gasteiger charge is 2.19. The number of nitrogens with zero attached hydrogens (tertiary/aromatic N) is 2. The predicted octanol–water partition coefficient (Wildman–Crippen LogP) is 2.49. The molecular weight excluding hydrogens is 434 g/mol. The van der Waals surface area contributed by atoms with Crippen molar-refractivity contribution in [3.05, 3.63) is 65.9 Å². The number of nitrogens with one attached hydrogen (secondary N) is 1. The molecule has 0 saturated heterocycles. The SMILES string of the molecule is COc1ccc(-c2cc(CN(C)C(=O)CNS(=O)(=O)c3ccc(C(C)=O)cc3)on2)cc1. The lowest BCUT2D eigenvalue weighted by Crippen LogP contribution is -2.37. The molecule has 0 fully saturated rings. The minimum atomic E-state index is -3.90. The van der Waals surface area contributed by atoms with Crippen LogP contribution in [0, 0.1) is 0 Å². The molecular formula is C22H23N3O6S. The second-order valence-corrected chi connectivity index (χ2v) is 8.83. The Balaban J connectivity index is 1.57. The van der Waals surface area contributed by atoms with Gasteiger partial charge in [0.05, 0.1) is 25.1 Å². The van der Waals surface area contributed by atoms with Crippen LogP contribution in [0.25, 0.3) is 11.3 Å². The molecule has 0 aliphatic carbocycles. The van der Waals surface area contributed by atoms with Gasteiger partial charge in [0.25, 0.3) is 0 Å². The van der Waals surface area contributed by atoms with E-state index in [9.17, 15) is 18.0 Å². The number of amides is 1. The van der Waals surface area contributed by atoms with E-state index in [1.807, 2.05) is 12.1 Å². The van der Waals surface area contributed by atoms with Crippen molar-refractivity contribution in [2.45, 2.75) is 18.4 Å². The van der Waals surface area contributed by atoms with Gasteiger partial charge in [-0.3, -0.25) is 9.59 Å². The van der Waals surface area contributed by atoms with Crippen LogP contribution in [-0.2, 0) is 21.4 Å². The Bertz CT molecular complexity index is 1200. The molecule has 1 aromatic heterocycles. The van der Waals surface area contributed by atoms with Crippen LogP contribution < -0.4 is 9.46 Å². The lowest BCUT2D eigenvalue weighted by atomic mass is 10.1. The molecule has 32 heavy (non-hydrogen) atoms. The summed E-state index contributed by atoms with van der Waals surface area (Å²) in [4.78, 5) is 25.0. The highest BCUT2D eigenvalue weighted by molar-refractivity contribution is 7.89. The monoisotopic (exact) mass is 457 g/mol. The predicted molar refractivity (Wildman–Crippen MR) is 117 cm³/mol. The third kappa shape index (κ3) is 5.59. The summed E-state index contributed by atoms with van der Waals surface area (Å²) in [5, 5.41) is 4.01. The normalized spacial score (nSPS) is 11.2. The number of aromatic nitrogens is 1. The smallest absolute Gasteiger partial charge is 0.241 e. The summed E-state index contributed by atoms with van der Waals surface area (Å²) < 4.78 is 37.5. The van der Waals surface area contributed by atoms with Crippen molar-refractivity contribution in [2.75, 3.05) is 20.7 Å². The lowest BCUT2D eigenvalue weighted by Gasteiger charge is -2.15. The number of hydrogen-bond donors (Lipinski definition) is 1. The van der Waals surface area contributed by atoms with Gasteiger partial charge in [-0.2, -0.15) is 0 Å². The van der Waals surface area contributed by atoms with Gasteiger partial charge in [0, 0.05) is 24.2 Å². The zero-order chi connectivity index (χ0) is 23.3. The van der Waals surface area contributed by atoms with Gasteiger partial charge in [0.2, 0.25) is 15.9 Å². The fraction of sp³-hybridized carbons (Fsp3) is 0.227. The van der Waals surface area contributed by atoms with E-state index in [0.29, 0.717) is 17.0 Å². The topological polar surface area (TPSA) is 119 Å². The maximum Gasteiger partial charge on any atom is 0.241 e. The minimum Gasteiger partial charge on any atom is -0.497 e. The summed E-state index contributed by atoms with van der Waals surface area (Å²) >= 11 is 0. The van der Waals surface area contributed by atoms with E-state index >= 15 is 0 Å². The molecule has 0 aliphatic heterocycles. The van der Waals surface area contributed by atoms with Crippen molar-refractivity contribution in [3.8, 4) is 17.0 Å². The zero-order valence-electron chi connectivity index (χ0n) is 17.9. The Morgan fingerprint density at radius 2 is 1.75 bits per heavy atom. The third-order valence-corrected chi connectivity index (χ3v) is 6.17. The van der Waals surface area contributed by atoms with E-state index in [4.69, 9.17) is 9.26 Å². The van der Waals surface area contributed by atoms with E-state index in [-0.39, 0.29) is 17.2 Å². The van der Waals surface area contributed by atoms with Crippen LogP contribution in [0.5, 0.6) is 5.75 Å². The van der Waals surface area contributed by atoms with E-state index in [2.05, 4.69) is 9.88 Å². The molecule has 0 unspecified atom stereocenters. The Kier molecular flexibility index (Phi) is 7.06. The maximum atomic E-state index is 12.4. The molecule has 9 nitrogen and oxygen atoms in total. The zero-order valence-corrected chi connectivity index (χ0v) is 18.7. The Hall–Kier alpha value is -3.50. The van der Waals surface area contributed by atoms with Crippen LogP contribution in [0.15, 0.2) is 64.0 Å². The van der Waals surface area contributed by atoms with Crippen molar-refractivity contribution < 1.29 is 27.3 Å². The largest absolute Gasteiger partial charge is 0.497 e. The summed E-state index contributed by atoms with van der Waals surface area (Å²) in [7, 11) is -0.777. The number of benzene rings is 2. The summed E-state index contributed by atoms with van der Waals surface area (Å²) in [6, 6.07) is 14.5. The van der Waals surface area contributed by atoms with E-state index in [1.165, 1.54) is 43.1 Å². The summed E-state index contributed by atoms with van der Waals surface area (Å²) in [5.41, 5.74) is 1.84. The van der Waals surface area contributed by atoms with Crippen molar-refractivity contribution in [3.63, 3.8) is 0 Å². The molecule has 0 radical (unpaired) electrons. The minimum absolute atomic E-state index is 0.0303. The average Bonchev–Trinajstić information content (AvgIpc) is 3.26. The number of sulfonamides is 1. The first-order valence-corrected chi connectivity index (χ1v) is 11.1. The number of carbonyl (C=O) groups is 2. The number of rotatable bonds is 9. The van der Waals surface area contributed by atoms with Gasteiger partial charge in [-0.05, 0) is 43.3 Å². The molecule has 3 rings (SSSR count). The quantitative estimate of drug-likeness (QED) is 0.490. The Morgan fingerprint density at radius 1 is 1.09 bits per heavy atom. The molecule has 1 heterocycles. The van der Waals surface area contributed by atoms with E-state index < -0.39 is 22.5 Å². The van der Waals surface area contributed by atoms with Gasteiger partial charge in [-0.1, -0.05) is 17.3 Å². The first kappa shape index (κ1) is 23.2. The van der Waals surface area contributed by atoms with Crippen LogP contribution in [0.4, 0.5) is 0 Å². The van der Waals surface area contributed by atoms with E-state index in [1.54, 1.807) is 25.3 Å². The van der Waals surface area contributed by atoms with Gasteiger partial charge in [-0.25, -0.2) is 13.1 Å². The molecule has 1 amide bonds. The molecule has 0 spiro atoms. The summed E-state index contributed by atoms with van der Waals surface area (Å²) in [6.07, 6.45) is 0. The summed E-state index contributed by atoms with van der Waals surface area (Å²) in [5.74, 6) is 0.562. The molecule has 10 heteroatoms. The van der Waals surface area contributed by atoms with Crippen LogP contribution in [0.1, 0.15) is 23.0 Å². The number of ketones is 1. The number of likely N-dealkylation sites (N-methyl/N-ethyl adjacent to an activating group) is 1. The van der Waals surface area contributed by atoms with Gasteiger partial charge >= 0.3 is 0 Å². The van der Waals surface area contributed by atoms with E-state index in [0.717, 1.165) is 11.3 Å². The van der Waals surface area contributed by atoms with Crippen LogP contribution >= 0.6 is 0 Å². The lowest BCUT2D eigenvalue weighted by molar-refractivity contribution is -0.129.